The molecule has 0 unspecified atom stereocenters. The summed E-state index contributed by atoms with van der Waals surface area (Å²) in [5.41, 5.74) is 1.28. The molecule has 0 saturated heterocycles. The number of esters is 1. The SMILES string of the molecule is C[C@H](OC(=O)[C@H](Cc1ccccc1)N1C(=O)c2ccccc2C1=O)C(=O)NC1CC1. The normalized spacial score (nSPS) is 17.3. The highest BCUT2D eigenvalue weighted by atomic mass is 16.5. The first-order valence-corrected chi connectivity index (χ1v) is 9.97. The molecule has 4 rings (SSSR count). The molecule has 0 aromatic heterocycles. The first kappa shape index (κ1) is 19.8. The van der Waals surface area contributed by atoms with E-state index in [0.717, 1.165) is 23.3 Å². The van der Waals surface area contributed by atoms with Crippen LogP contribution in [0.25, 0.3) is 0 Å². The molecule has 30 heavy (non-hydrogen) atoms. The van der Waals surface area contributed by atoms with Crippen molar-refractivity contribution >= 4 is 23.7 Å². The maximum Gasteiger partial charge on any atom is 0.330 e. The summed E-state index contributed by atoms with van der Waals surface area (Å²) in [6.07, 6.45) is 0.907. The molecule has 0 spiro atoms. The second-order valence-electron chi connectivity index (χ2n) is 7.59. The zero-order valence-corrected chi connectivity index (χ0v) is 16.5. The van der Waals surface area contributed by atoms with Crippen molar-refractivity contribution in [2.24, 2.45) is 0 Å². The third-order valence-electron chi connectivity index (χ3n) is 5.27. The predicted molar refractivity (Wildman–Crippen MR) is 108 cm³/mol. The van der Waals surface area contributed by atoms with Gasteiger partial charge in [0, 0.05) is 12.5 Å². The lowest BCUT2D eigenvalue weighted by molar-refractivity contribution is -0.158. The van der Waals surface area contributed by atoms with Gasteiger partial charge in [-0.15, -0.1) is 0 Å². The molecule has 1 aliphatic heterocycles. The van der Waals surface area contributed by atoms with E-state index >= 15 is 0 Å². The molecule has 2 aromatic rings. The Kier molecular flexibility index (Phi) is 5.35. The van der Waals surface area contributed by atoms with Crippen molar-refractivity contribution in [3.05, 3.63) is 71.3 Å². The summed E-state index contributed by atoms with van der Waals surface area (Å²) in [5, 5.41) is 2.79. The van der Waals surface area contributed by atoms with E-state index in [1.54, 1.807) is 24.3 Å². The zero-order valence-electron chi connectivity index (χ0n) is 16.5. The average Bonchev–Trinajstić information content (AvgIpc) is 3.53. The van der Waals surface area contributed by atoms with Crippen LogP contribution in [0.5, 0.6) is 0 Å². The maximum atomic E-state index is 13.0. The summed E-state index contributed by atoms with van der Waals surface area (Å²) in [5.74, 6) is -2.24. The van der Waals surface area contributed by atoms with Gasteiger partial charge < -0.3 is 10.1 Å². The van der Waals surface area contributed by atoms with Crippen LogP contribution in [0.15, 0.2) is 54.6 Å². The molecule has 1 heterocycles. The Labute approximate surface area is 174 Å². The lowest BCUT2D eigenvalue weighted by Gasteiger charge is -2.26. The fourth-order valence-corrected chi connectivity index (χ4v) is 3.46. The third-order valence-corrected chi connectivity index (χ3v) is 5.27. The number of rotatable bonds is 7. The monoisotopic (exact) mass is 406 g/mol. The third kappa shape index (κ3) is 3.96. The predicted octanol–water partition coefficient (Wildman–Crippen LogP) is 2.10. The molecular formula is C23H22N2O5. The summed E-state index contributed by atoms with van der Waals surface area (Å²) < 4.78 is 5.39. The summed E-state index contributed by atoms with van der Waals surface area (Å²) >= 11 is 0. The van der Waals surface area contributed by atoms with E-state index in [2.05, 4.69) is 5.32 Å². The summed E-state index contributed by atoms with van der Waals surface area (Å²) in [6.45, 7) is 1.48. The van der Waals surface area contributed by atoms with Gasteiger partial charge >= 0.3 is 5.97 Å². The molecule has 154 valence electrons. The minimum atomic E-state index is -1.17. The molecule has 7 heteroatoms. The Bertz CT molecular complexity index is 965. The number of hydrogen-bond acceptors (Lipinski definition) is 5. The fourth-order valence-electron chi connectivity index (χ4n) is 3.46. The Morgan fingerprint density at radius 1 is 1.00 bits per heavy atom. The number of hydrogen-bond donors (Lipinski definition) is 1. The van der Waals surface area contributed by atoms with Gasteiger partial charge in [-0.2, -0.15) is 0 Å². The Balaban J connectivity index is 1.58. The average molecular weight is 406 g/mol. The van der Waals surface area contributed by atoms with Crippen LogP contribution in [0.2, 0.25) is 0 Å². The van der Waals surface area contributed by atoms with Gasteiger partial charge in [0.05, 0.1) is 11.1 Å². The quantitative estimate of drug-likeness (QED) is 0.562. The Morgan fingerprint density at radius 3 is 2.13 bits per heavy atom. The van der Waals surface area contributed by atoms with Crippen LogP contribution in [0.1, 0.15) is 46.0 Å². The highest BCUT2D eigenvalue weighted by Gasteiger charge is 2.44. The highest BCUT2D eigenvalue weighted by molar-refractivity contribution is 6.22. The van der Waals surface area contributed by atoms with Crippen LogP contribution in [0, 0.1) is 0 Å². The molecule has 1 saturated carbocycles. The molecule has 2 aromatic carbocycles. The van der Waals surface area contributed by atoms with Gasteiger partial charge in [0.15, 0.2) is 6.10 Å². The van der Waals surface area contributed by atoms with Crippen molar-refractivity contribution in [1.29, 1.82) is 0 Å². The van der Waals surface area contributed by atoms with Crippen LogP contribution in [-0.4, -0.2) is 46.8 Å². The smallest absolute Gasteiger partial charge is 0.330 e. The van der Waals surface area contributed by atoms with Crippen LogP contribution in [-0.2, 0) is 20.7 Å². The van der Waals surface area contributed by atoms with Gasteiger partial charge in [0.1, 0.15) is 6.04 Å². The molecule has 7 nitrogen and oxygen atoms in total. The van der Waals surface area contributed by atoms with Crippen molar-refractivity contribution < 1.29 is 23.9 Å². The van der Waals surface area contributed by atoms with E-state index < -0.39 is 29.9 Å². The van der Waals surface area contributed by atoms with Crippen LogP contribution in [0.4, 0.5) is 0 Å². The molecule has 1 aliphatic carbocycles. The standard InChI is InChI=1S/C23H22N2O5/c1-14(20(26)24-16-11-12-16)30-23(29)19(13-15-7-3-2-4-8-15)25-21(27)17-9-5-6-10-18(17)22(25)28/h2-10,14,16,19H,11-13H2,1H3,(H,24,26)/t14-,19-/m0/s1. The number of nitrogens with one attached hydrogen (secondary N) is 1. The second kappa shape index (κ2) is 8.10. The molecule has 3 amide bonds. The number of nitrogens with zero attached hydrogens (tertiary/aromatic N) is 1. The van der Waals surface area contributed by atoms with Gasteiger partial charge in [0.2, 0.25) is 0 Å². The van der Waals surface area contributed by atoms with E-state index in [4.69, 9.17) is 4.74 Å². The summed E-state index contributed by atoms with van der Waals surface area (Å²) in [7, 11) is 0. The van der Waals surface area contributed by atoms with Gasteiger partial charge in [-0.05, 0) is 37.5 Å². The molecule has 2 aliphatic rings. The number of carbonyl (C=O) groups is 4. The van der Waals surface area contributed by atoms with E-state index in [-0.39, 0.29) is 29.5 Å². The number of carbonyl (C=O) groups excluding carboxylic acids is 4. The molecule has 1 fully saturated rings. The zero-order chi connectivity index (χ0) is 21.3. The molecule has 2 atom stereocenters. The van der Waals surface area contributed by atoms with Crippen LogP contribution in [0.3, 0.4) is 0 Å². The lowest BCUT2D eigenvalue weighted by atomic mass is 10.0. The largest absolute Gasteiger partial charge is 0.451 e. The van der Waals surface area contributed by atoms with E-state index in [0.29, 0.717) is 0 Å². The number of imide groups is 1. The van der Waals surface area contributed by atoms with Gasteiger partial charge in [-0.1, -0.05) is 42.5 Å². The molecule has 0 bridgehead atoms. The second-order valence-corrected chi connectivity index (χ2v) is 7.59. The summed E-state index contributed by atoms with van der Waals surface area (Å²) in [6, 6.07) is 14.5. The number of amides is 3. The van der Waals surface area contributed by atoms with Crippen molar-refractivity contribution in [1.82, 2.24) is 10.2 Å². The number of ether oxygens (including phenoxy) is 1. The van der Waals surface area contributed by atoms with Gasteiger partial charge in [-0.25, -0.2) is 4.79 Å². The van der Waals surface area contributed by atoms with Gasteiger partial charge in [0.25, 0.3) is 17.7 Å². The first-order valence-electron chi connectivity index (χ1n) is 9.97. The molecular weight excluding hydrogens is 384 g/mol. The van der Waals surface area contributed by atoms with Gasteiger partial charge in [-0.3, -0.25) is 19.3 Å². The number of benzene rings is 2. The fraction of sp³-hybridized carbons (Fsp3) is 0.304. The van der Waals surface area contributed by atoms with E-state index in [9.17, 15) is 19.2 Å². The van der Waals surface area contributed by atoms with Crippen LogP contribution < -0.4 is 5.32 Å². The van der Waals surface area contributed by atoms with Crippen LogP contribution >= 0.6 is 0 Å². The Hall–Kier alpha value is -3.48. The Morgan fingerprint density at radius 2 is 1.57 bits per heavy atom. The van der Waals surface area contributed by atoms with E-state index in [1.807, 2.05) is 30.3 Å². The highest BCUT2D eigenvalue weighted by Crippen LogP contribution is 2.27. The minimum Gasteiger partial charge on any atom is -0.451 e. The van der Waals surface area contributed by atoms with Crippen molar-refractivity contribution in [2.75, 3.05) is 0 Å². The van der Waals surface area contributed by atoms with Crippen molar-refractivity contribution in [3.8, 4) is 0 Å². The molecule has 1 N–H and O–H groups in total. The summed E-state index contributed by atoms with van der Waals surface area (Å²) in [4.78, 5) is 52.1. The molecule has 0 radical (unpaired) electrons. The number of fused-ring (bicyclic) bond motifs is 1. The maximum absolute atomic E-state index is 13.0. The topological polar surface area (TPSA) is 92.8 Å². The lowest BCUT2D eigenvalue weighted by Crippen LogP contribution is -2.49. The van der Waals surface area contributed by atoms with E-state index in [1.165, 1.54) is 6.92 Å². The minimum absolute atomic E-state index is 0.0993. The van der Waals surface area contributed by atoms with Crippen molar-refractivity contribution in [2.45, 2.75) is 44.4 Å². The first-order chi connectivity index (χ1) is 14.5. The van der Waals surface area contributed by atoms with Crippen molar-refractivity contribution in [3.63, 3.8) is 0 Å².